The second-order valence-electron chi connectivity index (χ2n) is 16.1. The fourth-order valence-corrected chi connectivity index (χ4v) is 7.99. The molecule has 0 fully saturated rings. The van der Waals surface area contributed by atoms with Crippen molar-refractivity contribution in [2.45, 2.75) is 0 Å². The molecule has 2 aromatic heterocycles. The fourth-order valence-electron chi connectivity index (χ4n) is 7.99. The van der Waals surface area contributed by atoms with Crippen LogP contribution < -0.4 is 15.1 Å². The largest absolute Gasteiger partial charge is 2.00 e. The van der Waals surface area contributed by atoms with Gasteiger partial charge < -0.3 is 67.5 Å². The molecule has 0 unspecified atom stereocenters. The number of hydrogen-bond acceptors (Lipinski definition) is 9. The third kappa shape index (κ3) is 16.4. The van der Waals surface area contributed by atoms with E-state index < -0.39 is 207 Å². The van der Waals surface area contributed by atoms with Gasteiger partial charge in [0.2, 0.25) is 23.3 Å². The summed E-state index contributed by atoms with van der Waals surface area (Å²) in [6.45, 7) is 0. The standard InChI is InChI=1S/2C26H8F10N3O.4CH4O.4H2O.2Zn/c2*27-17-15(18(28)22(32)25(35)21(17)31)13(8-2-1-7-37-8)9-3-4-10(38-9)14(11-5-6-12(40)39-11)16-19(29)23(33)26(36)24(34)20(16)30;4*1-2;;;;;;/h2*1-7H,(H-,37,38,39,40);4*2H,1H3;4*1H2;;/q2*-1;;;;;;;;;2*+2/p+2. The zero-order valence-corrected chi connectivity index (χ0v) is 53.6. The molecule has 16 N–H and O–H groups in total. The number of allylic oxidation sites excluding steroid dienone is 7. The molecule has 0 saturated carbocycles. The number of amides is 1. The number of nitrogens with zero attached hydrogens (tertiary/aromatic N) is 6. The van der Waals surface area contributed by atoms with E-state index in [0.717, 1.165) is 102 Å². The van der Waals surface area contributed by atoms with E-state index in [2.05, 4.69) is 30.3 Å². The van der Waals surface area contributed by atoms with Crippen LogP contribution in [0.4, 0.5) is 87.8 Å². The summed E-state index contributed by atoms with van der Waals surface area (Å²) < 4.78 is 286. The van der Waals surface area contributed by atoms with Gasteiger partial charge in [0, 0.05) is 34.7 Å². The number of carbonyl (C=O) groups is 1. The van der Waals surface area contributed by atoms with Gasteiger partial charge in [-0.05, 0) is 70.7 Å². The molecule has 38 heteroatoms. The third-order valence-electron chi connectivity index (χ3n) is 11.5. The Labute approximate surface area is 539 Å². The van der Waals surface area contributed by atoms with E-state index in [4.69, 9.17) is 20.4 Å². The number of hydrogen-bond donors (Lipinski definition) is 4. The first-order valence-electron chi connectivity index (χ1n) is 23.3. The Hall–Kier alpha value is -8.83. The van der Waals surface area contributed by atoms with Crippen LogP contribution in [0.2, 0.25) is 0 Å². The predicted molar refractivity (Wildman–Crippen MR) is 290 cm³/mol. The second kappa shape index (κ2) is 37.2. The van der Waals surface area contributed by atoms with Crippen molar-refractivity contribution in [3.8, 4) is 0 Å². The summed E-state index contributed by atoms with van der Waals surface area (Å²) in [5.41, 5.74) is -13.6. The molecular formula is C56H42F20N6O10Zn2+4. The Balaban J connectivity index is 0. The first kappa shape index (κ1) is 87.2. The minimum Gasteiger partial charge on any atom is -0.859 e. The van der Waals surface area contributed by atoms with E-state index in [0.29, 0.717) is 0 Å². The van der Waals surface area contributed by atoms with Crippen molar-refractivity contribution in [2.75, 3.05) is 28.4 Å². The van der Waals surface area contributed by atoms with Crippen LogP contribution in [0.15, 0.2) is 117 Å². The maximum absolute atomic E-state index is 14.8. The van der Waals surface area contributed by atoms with E-state index in [1.54, 1.807) is 0 Å². The molecule has 6 heterocycles. The van der Waals surface area contributed by atoms with E-state index >= 15 is 0 Å². The molecule has 0 aliphatic carbocycles. The molecular weight excluding hydrogens is 1430 g/mol. The molecule has 0 radical (unpaired) electrons. The van der Waals surface area contributed by atoms with E-state index in [1.165, 1.54) is 12.1 Å². The second-order valence-corrected chi connectivity index (χ2v) is 16.1. The Bertz CT molecular complexity index is 4040. The zero-order chi connectivity index (χ0) is 66.1. The van der Waals surface area contributed by atoms with Gasteiger partial charge in [-0.1, -0.05) is 30.3 Å². The van der Waals surface area contributed by atoms with Crippen LogP contribution in [0.1, 0.15) is 39.3 Å². The summed E-state index contributed by atoms with van der Waals surface area (Å²) in [5.74, 6) is -48.5. The van der Waals surface area contributed by atoms with Crippen LogP contribution in [0.5, 0.6) is 0 Å². The molecule has 4 aliphatic heterocycles. The summed E-state index contributed by atoms with van der Waals surface area (Å²) in [6, 6.07) is 4.17. The Morgan fingerprint density at radius 2 is 0.713 bits per heavy atom. The number of halogens is 20. The van der Waals surface area contributed by atoms with Crippen molar-refractivity contribution in [2.24, 2.45) is 15.0 Å². The summed E-state index contributed by atoms with van der Waals surface area (Å²) in [4.78, 5) is 30.6. The van der Waals surface area contributed by atoms with Gasteiger partial charge in [-0.3, -0.25) is 9.98 Å². The molecule has 0 spiro atoms. The number of aromatic nitrogens is 2. The van der Waals surface area contributed by atoms with Crippen molar-refractivity contribution >= 4 is 46.0 Å². The van der Waals surface area contributed by atoms with Crippen LogP contribution in [0.3, 0.4) is 0 Å². The van der Waals surface area contributed by atoms with Gasteiger partial charge in [-0.2, -0.15) is 6.20 Å². The molecule has 10 rings (SSSR count). The molecule has 4 aromatic carbocycles. The van der Waals surface area contributed by atoms with Gasteiger partial charge in [-0.25, -0.2) is 92.8 Å². The molecule has 94 heavy (non-hydrogen) atoms. The number of rotatable bonds is 8. The van der Waals surface area contributed by atoms with Crippen LogP contribution in [-0.4, -0.2) is 72.6 Å². The van der Waals surface area contributed by atoms with E-state index in [-0.39, 0.29) is 72.3 Å². The Morgan fingerprint density at radius 1 is 0.383 bits per heavy atom. The maximum Gasteiger partial charge on any atom is 2.00 e. The van der Waals surface area contributed by atoms with Gasteiger partial charge in [0.15, 0.2) is 93.1 Å². The van der Waals surface area contributed by atoms with E-state index in [1.807, 2.05) is 0 Å². The van der Waals surface area contributed by atoms with Crippen molar-refractivity contribution in [3.05, 3.63) is 263 Å². The monoisotopic (exact) mass is 1470 g/mol. The average Bonchev–Trinajstić information content (AvgIpc) is 1.44. The van der Waals surface area contributed by atoms with Gasteiger partial charge in [-0.15, -0.1) is 22.8 Å². The Morgan fingerprint density at radius 3 is 1.02 bits per heavy atom. The first-order valence-corrected chi connectivity index (χ1v) is 23.3. The minimum atomic E-state index is -2.47. The van der Waals surface area contributed by atoms with Crippen molar-refractivity contribution in [3.63, 3.8) is 0 Å². The van der Waals surface area contributed by atoms with Crippen LogP contribution in [0, 0.1) is 116 Å². The quantitative estimate of drug-likeness (QED) is 0.0405. The molecule has 496 valence electrons. The molecule has 0 saturated heterocycles. The predicted octanol–water partition coefficient (Wildman–Crippen LogP) is 6.95. The summed E-state index contributed by atoms with van der Waals surface area (Å²) in [7, 11) is 4.00. The molecule has 0 atom stereocenters. The zero-order valence-electron chi connectivity index (χ0n) is 47.7. The van der Waals surface area contributed by atoms with Crippen molar-refractivity contribution in [1.82, 2.24) is 9.97 Å². The van der Waals surface area contributed by atoms with Crippen molar-refractivity contribution < 1.29 is 179 Å². The summed E-state index contributed by atoms with van der Waals surface area (Å²) >= 11 is 0. The number of aliphatic hydroxyl groups excluding tert-OH is 4. The summed E-state index contributed by atoms with van der Waals surface area (Å²) in [5, 5.41) is 43.2. The normalized spacial score (nSPS) is 14.7. The van der Waals surface area contributed by atoms with Crippen molar-refractivity contribution in [1.29, 1.82) is 0 Å². The third-order valence-corrected chi connectivity index (χ3v) is 11.5. The van der Waals surface area contributed by atoms with Gasteiger partial charge >= 0.3 is 39.0 Å². The van der Waals surface area contributed by atoms with E-state index in [9.17, 15) is 97.7 Å². The minimum absolute atomic E-state index is 0. The van der Waals surface area contributed by atoms with Crippen LogP contribution >= 0.6 is 0 Å². The van der Waals surface area contributed by atoms with Gasteiger partial charge in [0.1, 0.15) is 0 Å². The maximum atomic E-state index is 14.8. The molecule has 4 aliphatic rings. The first-order chi connectivity index (χ1) is 41.9. The average molecular weight is 1470 g/mol. The number of benzene rings is 4. The summed E-state index contributed by atoms with van der Waals surface area (Å²) in [6.07, 6.45) is 9.79. The van der Waals surface area contributed by atoms with Gasteiger partial charge in [0.25, 0.3) is 0 Å². The smallest absolute Gasteiger partial charge is 0.859 e. The topological polar surface area (TPSA) is 332 Å². The SMILES string of the molecule is CO.CO.CO.CO.O=C1C=C/C(=C(C2=N/C(=C(\c3ccc[n-]3)c3c(F)c(F)c(F)c(F)c3F)C=C2)\c2c(F)c(F)c(F)c(F)c2F)[N-]1.[O-]C1=N/C(=C(\c2ccc(/C(=C3/C=CC=N3)c3c(F)c(F)c(F)c(F)c3F)[n-]2)c2c(F)c(F)c(F)c(F)c2F)C=C1.[OH3+].[OH3+].[OH3+].[OH3+].[Zn+2].[Zn+2]. The number of aliphatic hydroxyl groups is 4. The number of carbonyl (C=O) groups excluding carboxylic acids is 1. The molecule has 1 amide bonds. The van der Waals surface area contributed by atoms with Crippen LogP contribution in [0.25, 0.3) is 27.6 Å². The molecule has 16 nitrogen and oxygen atoms in total. The van der Waals surface area contributed by atoms with Crippen LogP contribution in [-0.2, 0) is 65.7 Å². The fraction of sp³-hybridized carbons (Fsp3) is 0.0714. The number of aliphatic imine (C=N–C) groups is 3. The molecule has 6 aromatic rings. The van der Waals surface area contributed by atoms with Gasteiger partial charge in [0.05, 0.1) is 51.0 Å². The molecule has 0 bridgehead atoms. The Kier molecular flexibility index (Phi) is 34.5.